The molecule has 1 saturated heterocycles. The van der Waals surface area contributed by atoms with Crippen LogP contribution in [0.1, 0.15) is 36.3 Å². The Morgan fingerprint density at radius 3 is 2.79 bits per heavy atom. The van der Waals surface area contributed by atoms with E-state index in [9.17, 15) is 4.79 Å². The fourth-order valence-corrected chi connectivity index (χ4v) is 2.40. The highest BCUT2D eigenvalue weighted by Crippen LogP contribution is 2.16. The molecule has 5 nitrogen and oxygen atoms in total. The highest BCUT2D eigenvalue weighted by Gasteiger charge is 2.21. The van der Waals surface area contributed by atoms with Crippen LogP contribution in [0.2, 0.25) is 0 Å². The number of carbonyl (C=O) groups excluding carboxylic acids is 1. The van der Waals surface area contributed by atoms with E-state index in [1.165, 1.54) is 6.42 Å². The third kappa shape index (κ3) is 3.56. The number of hydrogen-bond acceptors (Lipinski definition) is 4. The van der Waals surface area contributed by atoms with Crippen LogP contribution in [0.25, 0.3) is 0 Å². The molecule has 2 heterocycles. The Morgan fingerprint density at radius 1 is 1.42 bits per heavy atom. The van der Waals surface area contributed by atoms with E-state index in [0.717, 1.165) is 36.5 Å². The number of hydrogen-bond donors (Lipinski definition) is 0. The molecule has 1 aliphatic rings. The summed E-state index contributed by atoms with van der Waals surface area (Å²) in [4.78, 5) is 13.9. The maximum absolute atomic E-state index is 12.2. The van der Waals surface area contributed by atoms with E-state index in [1.807, 2.05) is 20.9 Å². The molecular formula is C14H22N2O3. The van der Waals surface area contributed by atoms with Crippen molar-refractivity contribution in [3.8, 4) is 0 Å². The molecule has 0 saturated carbocycles. The number of carbonyl (C=O) groups is 1. The Balaban J connectivity index is 1.88. The number of aryl methyl sites for hydroxylation is 2. The predicted molar refractivity (Wildman–Crippen MR) is 70.9 cm³/mol. The summed E-state index contributed by atoms with van der Waals surface area (Å²) < 4.78 is 10.7. The van der Waals surface area contributed by atoms with Crippen molar-refractivity contribution in [2.75, 3.05) is 20.2 Å². The van der Waals surface area contributed by atoms with E-state index < -0.39 is 0 Å². The predicted octanol–water partition coefficient (Wildman–Crippen LogP) is 1.86. The molecule has 1 aliphatic heterocycles. The molecule has 0 spiro atoms. The first kappa shape index (κ1) is 14.1. The van der Waals surface area contributed by atoms with Gasteiger partial charge in [0.05, 0.1) is 18.2 Å². The van der Waals surface area contributed by atoms with Gasteiger partial charge in [-0.1, -0.05) is 5.16 Å². The molecule has 0 N–H and O–H groups in total. The molecule has 1 amide bonds. The summed E-state index contributed by atoms with van der Waals surface area (Å²) in [6.45, 7) is 5.19. The minimum Gasteiger partial charge on any atom is -0.376 e. The SMILES string of the molecule is Cc1noc(C)c1CC(=O)N(C)CC1CCCCO1. The lowest BCUT2D eigenvalue weighted by Gasteiger charge is -2.27. The van der Waals surface area contributed by atoms with Crippen LogP contribution < -0.4 is 0 Å². The van der Waals surface area contributed by atoms with Gasteiger partial charge in [0.2, 0.25) is 5.91 Å². The normalized spacial score (nSPS) is 19.4. The smallest absolute Gasteiger partial charge is 0.227 e. The molecule has 19 heavy (non-hydrogen) atoms. The van der Waals surface area contributed by atoms with Gasteiger partial charge in [0.15, 0.2) is 0 Å². The van der Waals surface area contributed by atoms with Crippen molar-refractivity contribution >= 4 is 5.91 Å². The van der Waals surface area contributed by atoms with Crippen molar-refractivity contribution in [1.82, 2.24) is 10.1 Å². The molecule has 0 radical (unpaired) electrons. The molecule has 1 fully saturated rings. The Kier molecular flexibility index (Phi) is 4.58. The Morgan fingerprint density at radius 2 is 2.21 bits per heavy atom. The van der Waals surface area contributed by atoms with Crippen molar-refractivity contribution in [1.29, 1.82) is 0 Å². The van der Waals surface area contributed by atoms with Crippen molar-refractivity contribution in [3.63, 3.8) is 0 Å². The molecule has 0 bridgehead atoms. The monoisotopic (exact) mass is 266 g/mol. The van der Waals surface area contributed by atoms with Gasteiger partial charge in [0.1, 0.15) is 5.76 Å². The van der Waals surface area contributed by atoms with Crippen LogP contribution in [0.15, 0.2) is 4.52 Å². The highest BCUT2D eigenvalue weighted by atomic mass is 16.5. The zero-order valence-electron chi connectivity index (χ0n) is 11.9. The van der Waals surface area contributed by atoms with E-state index in [4.69, 9.17) is 9.26 Å². The Labute approximate surface area is 113 Å². The minimum atomic E-state index is 0.0866. The van der Waals surface area contributed by atoms with Crippen molar-refractivity contribution in [2.45, 2.75) is 45.6 Å². The minimum absolute atomic E-state index is 0.0866. The van der Waals surface area contributed by atoms with Gasteiger partial charge >= 0.3 is 0 Å². The number of likely N-dealkylation sites (N-methyl/N-ethyl adjacent to an activating group) is 1. The van der Waals surface area contributed by atoms with E-state index >= 15 is 0 Å². The maximum atomic E-state index is 12.2. The van der Waals surface area contributed by atoms with Crippen LogP contribution >= 0.6 is 0 Å². The van der Waals surface area contributed by atoms with Gasteiger partial charge in [-0.3, -0.25) is 4.79 Å². The second kappa shape index (κ2) is 6.19. The summed E-state index contributed by atoms with van der Waals surface area (Å²) in [6, 6.07) is 0. The number of aromatic nitrogens is 1. The third-order valence-electron chi connectivity index (χ3n) is 3.69. The Bertz CT molecular complexity index is 416. The van der Waals surface area contributed by atoms with Crippen molar-refractivity contribution in [2.24, 2.45) is 0 Å². The first-order chi connectivity index (χ1) is 9.08. The average molecular weight is 266 g/mol. The fraction of sp³-hybridized carbons (Fsp3) is 0.714. The van der Waals surface area contributed by atoms with E-state index in [0.29, 0.717) is 13.0 Å². The molecule has 1 atom stereocenters. The van der Waals surface area contributed by atoms with E-state index in [2.05, 4.69) is 5.16 Å². The van der Waals surface area contributed by atoms with Crippen molar-refractivity contribution < 1.29 is 14.1 Å². The standard InChI is InChI=1S/C14H22N2O3/c1-10-13(11(2)19-15-10)8-14(17)16(3)9-12-6-4-5-7-18-12/h12H,4-9H2,1-3H3. The van der Waals surface area contributed by atoms with Crippen LogP contribution in [-0.2, 0) is 16.0 Å². The van der Waals surface area contributed by atoms with E-state index in [-0.39, 0.29) is 12.0 Å². The van der Waals surface area contributed by atoms with Crippen LogP contribution in [0, 0.1) is 13.8 Å². The summed E-state index contributed by atoms with van der Waals surface area (Å²) >= 11 is 0. The number of ether oxygens (including phenoxy) is 1. The van der Waals surface area contributed by atoms with Gasteiger partial charge in [-0.2, -0.15) is 0 Å². The van der Waals surface area contributed by atoms with Crippen molar-refractivity contribution in [3.05, 3.63) is 17.0 Å². The summed E-state index contributed by atoms with van der Waals surface area (Å²) in [5.74, 6) is 0.816. The fourth-order valence-electron chi connectivity index (χ4n) is 2.40. The summed E-state index contributed by atoms with van der Waals surface area (Å²) in [6.07, 6.45) is 3.91. The first-order valence-corrected chi connectivity index (χ1v) is 6.85. The van der Waals surface area contributed by atoms with Gasteiger partial charge in [0.25, 0.3) is 0 Å². The summed E-state index contributed by atoms with van der Waals surface area (Å²) in [5.41, 5.74) is 1.70. The highest BCUT2D eigenvalue weighted by molar-refractivity contribution is 5.79. The molecule has 106 valence electrons. The van der Waals surface area contributed by atoms with E-state index in [1.54, 1.807) is 4.90 Å². The largest absolute Gasteiger partial charge is 0.376 e. The van der Waals surface area contributed by atoms with Gasteiger partial charge in [0, 0.05) is 25.8 Å². The van der Waals surface area contributed by atoms with Crippen LogP contribution in [-0.4, -0.2) is 42.3 Å². The Hall–Kier alpha value is -1.36. The topological polar surface area (TPSA) is 55.6 Å². The molecular weight excluding hydrogens is 244 g/mol. The molecule has 0 aliphatic carbocycles. The third-order valence-corrected chi connectivity index (χ3v) is 3.69. The zero-order valence-corrected chi connectivity index (χ0v) is 11.9. The molecule has 1 aromatic rings. The van der Waals surface area contributed by atoms with Gasteiger partial charge in [-0.25, -0.2) is 0 Å². The summed E-state index contributed by atoms with van der Waals surface area (Å²) in [7, 11) is 1.83. The van der Waals surface area contributed by atoms with Gasteiger partial charge < -0.3 is 14.2 Å². The number of amides is 1. The molecule has 2 rings (SSSR count). The van der Waals surface area contributed by atoms with Gasteiger partial charge in [-0.15, -0.1) is 0 Å². The second-order valence-corrected chi connectivity index (χ2v) is 5.24. The lowest BCUT2D eigenvalue weighted by Crippen LogP contribution is -2.37. The van der Waals surface area contributed by atoms with Crippen LogP contribution in [0.4, 0.5) is 0 Å². The quantitative estimate of drug-likeness (QED) is 0.834. The molecule has 0 aromatic carbocycles. The maximum Gasteiger partial charge on any atom is 0.227 e. The van der Waals surface area contributed by atoms with Crippen LogP contribution in [0.3, 0.4) is 0 Å². The van der Waals surface area contributed by atoms with Gasteiger partial charge in [-0.05, 0) is 33.1 Å². The molecule has 1 aromatic heterocycles. The summed E-state index contributed by atoms with van der Waals surface area (Å²) in [5, 5.41) is 3.87. The number of rotatable bonds is 4. The molecule has 1 unspecified atom stereocenters. The zero-order chi connectivity index (χ0) is 13.8. The lowest BCUT2D eigenvalue weighted by molar-refractivity contribution is -0.131. The first-order valence-electron chi connectivity index (χ1n) is 6.85. The molecule has 5 heteroatoms. The lowest BCUT2D eigenvalue weighted by atomic mass is 10.1. The second-order valence-electron chi connectivity index (χ2n) is 5.24. The average Bonchev–Trinajstić information content (AvgIpc) is 2.71. The van der Waals surface area contributed by atoms with Crippen LogP contribution in [0.5, 0.6) is 0 Å². The number of nitrogens with zero attached hydrogens (tertiary/aromatic N) is 2.